The molecule has 2 amide bonds. The number of aryl methyl sites for hydroxylation is 1. The third-order valence-electron chi connectivity index (χ3n) is 9.15. The van der Waals surface area contributed by atoms with Crippen molar-refractivity contribution in [1.82, 2.24) is 20.0 Å². The van der Waals surface area contributed by atoms with Crippen molar-refractivity contribution in [3.8, 4) is 17.2 Å². The van der Waals surface area contributed by atoms with E-state index in [9.17, 15) is 18.0 Å². The molecule has 14 nitrogen and oxygen atoms in total. The van der Waals surface area contributed by atoms with E-state index in [2.05, 4.69) is 33.8 Å². The van der Waals surface area contributed by atoms with Gasteiger partial charge >= 0.3 is 12.2 Å². The number of amides is 2. The molecule has 0 saturated heterocycles. The number of methoxy groups -OCH3 is 2. The Morgan fingerprint density at radius 1 is 1.02 bits per heavy atom. The van der Waals surface area contributed by atoms with E-state index >= 15 is 4.39 Å². The highest BCUT2D eigenvalue weighted by atomic mass is 32.2. The Balaban J connectivity index is 1.61. The fourth-order valence-corrected chi connectivity index (χ4v) is 8.71. The van der Waals surface area contributed by atoms with Crippen molar-refractivity contribution >= 4 is 38.9 Å². The van der Waals surface area contributed by atoms with Crippen molar-refractivity contribution in [2.24, 2.45) is 11.3 Å². The van der Waals surface area contributed by atoms with E-state index < -0.39 is 56.3 Å². The van der Waals surface area contributed by atoms with Gasteiger partial charge in [-0.25, -0.2) is 31.7 Å². The van der Waals surface area contributed by atoms with Crippen LogP contribution in [0, 0.1) is 17.2 Å². The normalized spacial score (nSPS) is 15.8. The van der Waals surface area contributed by atoms with Crippen molar-refractivity contribution in [1.29, 1.82) is 0 Å². The van der Waals surface area contributed by atoms with E-state index in [0.29, 0.717) is 54.9 Å². The molecule has 0 radical (unpaired) electrons. The number of carbonyl (C=O) groups excluding carboxylic acids is 2. The van der Waals surface area contributed by atoms with E-state index in [1.807, 2.05) is 6.92 Å². The van der Waals surface area contributed by atoms with Gasteiger partial charge in [-0.3, -0.25) is 0 Å². The Hall–Kier alpha value is -4.38. The molecular formula is C39H56FN5O9S2. The number of anilines is 1. The number of halogens is 1. The van der Waals surface area contributed by atoms with Crippen molar-refractivity contribution < 1.29 is 46.1 Å². The molecule has 2 N–H and O–H groups in total. The second-order valence-electron chi connectivity index (χ2n) is 16.6. The van der Waals surface area contributed by atoms with Crippen LogP contribution in [0.4, 0.5) is 19.1 Å². The predicted molar refractivity (Wildman–Crippen MR) is 212 cm³/mol. The van der Waals surface area contributed by atoms with Gasteiger partial charge in [0.15, 0.2) is 0 Å². The van der Waals surface area contributed by atoms with Crippen LogP contribution < -0.4 is 29.1 Å². The molecule has 1 unspecified atom stereocenters. The summed E-state index contributed by atoms with van der Waals surface area (Å²) in [6, 6.07) is 6.97. The largest absolute Gasteiger partial charge is 0.497 e. The predicted octanol–water partition coefficient (Wildman–Crippen LogP) is 7.64. The summed E-state index contributed by atoms with van der Waals surface area (Å²) in [5, 5.41) is 5.83. The lowest BCUT2D eigenvalue weighted by Gasteiger charge is -2.40. The zero-order valence-electron chi connectivity index (χ0n) is 34.1. The number of carbonyl (C=O) groups is 2. The first-order chi connectivity index (χ1) is 26.0. The van der Waals surface area contributed by atoms with Gasteiger partial charge in [0.05, 0.1) is 20.8 Å². The Labute approximate surface area is 334 Å². The molecule has 56 heavy (non-hydrogen) atoms. The van der Waals surface area contributed by atoms with Crippen LogP contribution in [0.15, 0.2) is 41.6 Å². The monoisotopic (exact) mass is 821 g/mol. The molecule has 2 aromatic carbocycles. The quantitative estimate of drug-likeness (QED) is 0.155. The fraction of sp³-hybridized carbons (Fsp3) is 0.590. The molecule has 2 heterocycles. The smallest absolute Gasteiger partial charge is 0.407 e. The highest BCUT2D eigenvalue weighted by Crippen LogP contribution is 2.40. The molecule has 0 saturated carbocycles. The number of alkyl carbamates (subject to hydrolysis) is 2. The van der Waals surface area contributed by atoms with Crippen LogP contribution in [0.5, 0.6) is 17.2 Å². The molecule has 17 heteroatoms. The number of benzene rings is 2. The zero-order valence-corrected chi connectivity index (χ0v) is 35.8. The second kappa shape index (κ2) is 17.8. The molecular weight excluding hydrogens is 766 g/mol. The van der Waals surface area contributed by atoms with Crippen molar-refractivity contribution in [3.63, 3.8) is 0 Å². The number of nitrogens with one attached hydrogen (secondary N) is 2. The summed E-state index contributed by atoms with van der Waals surface area (Å²) in [5.74, 6) is -0.162. The maximum Gasteiger partial charge on any atom is 0.407 e. The first kappa shape index (κ1) is 44.3. The van der Waals surface area contributed by atoms with Crippen molar-refractivity contribution in [3.05, 3.63) is 53.6 Å². The van der Waals surface area contributed by atoms with Crippen LogP contribution in [-0.4, -0.2) is 74.1 Å². The Morgan fingerprint density at radius 3 is 2.30 bits per heavy atom. The van der Waals surface area contributed by atoms with E-state index in [1.54, 1.807) is 59.7 Å². The average Bonchev–Trinajstić information content (AvgIpc) is 3.61. The van der Waals surface area contributed by atoms with Crippen LogP contribution in [-0.2, 0) is 32.5 Å². The summed E-state index contributed by atoms with van der Waals surface area (Å²) >= 11 is 0.860. The fourth-order valence-electron chi connectivity index (χ4n) is 6.48. The van der Waals surface area contributed by atoms with E-state index in [1.165, 1.54) is 26.6 Å². The van der Waals surface area contributed by atoms with Crippen LogP contribution in [0.1, 0.15) is 92.7 Å². The van der Waals surface area contributed by atoms with Crippen LogP contribution in [0.3, 0.4) is 0 Å². The Kier molecular flexibility index (Phi) is 14.1. The molecule has 3 aromatic rings. The standard InChI is InChI=1S/C39H56FN5O9S2/c1-24(44-36(47)54-38(5,6)7)28(21-39(8,9)16-17-41-35(46)53-37(2,3)4)30-15-13-25-18-33(29(40)20-32(25)52-30)56(48,49)45(34-42-23-43-55-34)22-26-12-14-27(50-10)19-31(26)51-11/h12,14,18-20,23-24,28,30H,13,15-17,21-22H2,1-11H3,(H,41,46)(H,44,47)/t24-,28-,30?/m1/s1. The van der Waals surface area contributed by atoms with Crippen LogP contribution in [0.2, 0.25) is 0 Å². The van der Waals surface area contributed by atoms with E-state index in [4.69, 9.17) is 23.7 Å². The highest BCUT2D eigenvalue weighted by molar-refractivity contribution is 7.93. The van der Waals surface area contributed by atoms with E-state index in [-0.39, 0.29) is 28.8 Å². The van der Waals surface area contributed by atoms with Gasteiger partial charge in [-0.05, 0) is 103 Å². The van der Waals surface area contributed by atoms with Gasteiger partial charge in [-0.1, -0.05) is 13.8 Å². The topological polar surface area (TPSA) is 168 Å². The van der Waals surface area contributed by atoms with Gasteiger partial charge in [0.25, 0.3) is 10.0 Å². The third kappa shape index (κ3) is 12.1. The summed E-state index contributed by atoms with van der Waals surface area (Å²) in [4.78, 5) is 28.8. The molecule has 1 aliphatic heterocycles. The zero-order chi connectivity index (χ0) is 41.6. The molecule has 0 spiro atoms. The highest BCUT2D eigenvalue weighted by Gasteiger charge is 2.39. The van der Waals surface area contributed by atoms with Gasteiger partial charge in [0.1, 0.15) is 51.6 Å². The maximum absolute atomic E-state index is 16.2. The minimum atomic E-state index is -4.52. The van der Waals surface area contributed by atoms with E-state index in [0.717, 1.165) is 21.9 Å². The SMILES string of the molecule is COc1ccc(CN(c2ncns2)S(=O)(=O)c2cc3c(cc2F)OC([C@H](CC(C)(C)CCNC(=O)OC(C)(C)C)[C@@H](C)NC(=O)OC(C)(C)C)CC3)c(OC)c1. The maximum atomic E-state index is 16.2. The summed E-state index contributed by atoms with van der Waals surface area (Å²) in [6.45, 7) is 16.9. The first-order valence-corrected chi connectivity index (χ1v) is 20.7. The lowest BCUT2D eigenvalue weighted by Crippen LogP contribution is -2.48. The van der Waals surface area contributed by atoms with Gasteiger partial charge in [0.2, 0.25) is 5.13 Å². The molecule has 1 aromatic heterocycles. The third-order valence-corrected chi connectivity index (χ3v) is 11.7. The molecule has 3 atom stereocenters. The molecule has 0 fully saturated rings. The lowest BCUT2D eigenvalue weighted by atomic mass is 9.74. The Bertz CT molecular complexity index is 1930. The summed E-state index contributed by atoms with van der Waals surface area (Å²) in [5.41, 5.74) is -0.672. The molecule has 0 aliphatic carbocycles. The van der Waals surface area contributed by atoms with Crippen molar-refractivity contribution in [2.75, 3.05) is 25.1 Å². The number of hydrogen-bond donors (Lipinski definition) is 2. The Morgan fingerprint density at radius 2 is 1.70 bits per heavy atom. The van der Waals surface area contributed by atoms with Crippen LogP contribution >= 0.6 is 11.5 Å². The van der Waals surface area contributed by atoms with Gasteiger partial charge in [0, 0.05) is 47.7 Å². The number of sulfonamides is 1. The average molecular weight is 822 g/mol. The van der Waals surface area contributed by atoms with Gasteiger partial charge < -0.3 is 34.3 Å². The number of aromatic nitrogens is 2. The number of fused-ring (bicyclic) bond motifs is 1. The first-order valence-electron chi connectivity index (χ1n) is 18.5. The minimum absolute atomic E-state index is 0.0505. The lowest BCUT2D eigenvalue weighted by molar-refractivity contribution is 0.0334. The molecule has 310 valence electrons. The van der Waals surface area contributed by atoms with Crippen LogP contribution in [0.25, 0.3) is 0 Å². The number of ether oxygens (including phenoxy) is 5. The summed E-state index contributed by atoms with van der Waals surface area (Å²) in [6.07, 6.45) is 1.65. The molecule has 4 rings (SSSR count). The summed E-state index contributed by atoms with van der Waals surface area (Å²) < 4.78 is 78.0. The summed E-state index contributed by atoms with van der Waals surface area (Å²) in [7, 11) is -1.56. The number of hydrogen-bond acceptors (Lipinski definition) is 12. The molecule has 1 aliphatic rings. The van der Waals surface area contributed by atoms with Gasteiger partial charge in [-0.15, -0.1) is 0 Å². The van der Waals surface area contributed by atoms with Crippen molar-refractivity contribution in [2.45, 2.75) is 123 Å². The van der Waals surface area contributed by atoms with Gasteiger partial charge in [-0.2, -0.15) is 4.37 Å². The number of rotatable bonds is 15. The number of nitrogens with zero attached hydrogens (tertiary/aromatic N) is 3. The second-order valence-corrected chi connectivity index (χ2v) is 19.2. The minimum Gasteiger partial charge on any atom is -0.497 e. The molecule has 0 bridgehead atoms.